The van der Waals surface area contributed by atoms with Crippen LogP contribution >= 0.6 is 22.9 Å². The Kier molecular flexibility index (Phi) is 8.37. The van der Waals surface area contributed by atoms with Crippen molar-refractivity contribution < 1.29 is 27.5 Å². The smallest absolute Gasteiger partial charge is 0.411 e. The molecule has 2 saturated heterocycles. The number of halogens is 1. The number of likely N-dealkylation sites (tertiary alicyclic amines) is 1. The van der Waals surface area contributed by atoms with Gasteiger partial charge in [0.05, 0.1) is 18.4 Å². The summed E-state index contributed by atoms with van der Waals surface area (Å²) < 4.78 is 42.4. The lowest BCUT2D eigenvalue weighted by Gasteiger charge is -2.42. The number of thiophene rings is 1. The molecule has 2 amide bonds. The lowest BCUT2D eigenvalue weighted by Crippen LogP contribution is -2.55. The number of methoxy groups -OCH3 is 1. The Labute approximate surface area is 282 Å². The van der Waals surface area contributed by atoms with Crippen molar-refractivity contribution >= 4 is 60.7 Å². The number of piperazine rings is 1. The van der Waals surface area contributed by atoms with E-state index in [9.17, 15) is 18.0 Å². The molecule has 246 valence electrons. The van der Waals surface area contributed by atoms with E-state index >= 15 is 0 Å². The summed E-state index contributed by atoms with van der Waals surface area (Å²) in [6, 6.07) is 15.1. The zero-order valence-electron chi connectivity index (χ0n) is 26.0. The van der Waals surface area contributed by atoms with Crippen molar-refractivity contribution in [2.24, 2.45) is 0 Å². The molecule has 14 heteroatoms. The van der Waals surface area contributed by atoms with Gasteiger partial charge < -0.3 is 19.3 Å². The van der Waals surface area contributed by atoms with Gasteiger partial charge in [0.25, 0.3) is 21.5 Å². The second-order valence-electron chi connectivity index (χ2n) is 12.0. The van der Waals surface area contributed by atoms with Crippen molar-refractivity contribution in [3.8, 4) is 5.88 Å². The molecule has 0 saturated carbocycles. The fraction of sp³-hybridized carbons (Fsp3) is 0.364. The van der Waals surface area contributed by atoms with Crippen LogP contribution in [0.3, 0.4) is 0 Å². The summed E-state index contributed by atoms with van der Waals surface area (Å²) in [6.07, 6.45) is 2.87. The third kappa shape index (κ3) is 5.34. The zero-order valence-corrected chi connectivity index (χ0v) is 28.4. The third-order valence-electron chi connectivity index (χ3n) is 9.37. The van der Waals surface area contributed by atoms with Gasteiger partial charge in [-0.05, 0) is 69.4 Å². The van der Waals surface area contributed by atoms with Crippen LogP contribution in [0, 0.1) is 0 Å². The van der Waals surface area contributed by atoms with E-state index in [2.05, 4.69) is 21.8 Å². The molecule has 2 fully saturated rings. The van der Waals surface area contributed by atoms with Crippen LogP contribution in [0.2, 0.25) is 5.02 Å². The van der Waals surface area contributed by atoms with E-state index in [0.29, 0.717) is 37.6 Å². The molecule has 47 heavy (non-hydrogen) atoms. The third-order valence-corrected chi connectivity index (χ3v) is 12.5. The number of ether oxygens (including phenoxy) is 2. The molecule has 2 aromatic heterocycles. The summed E-state index contributed by atoms with van der Waals surface area (Å²) in [7, 11) is -0.996. The molecule has 3 aliphatic rings. The second kappa shape index (κ2) is 12.4. The van der Waals surface area contributed by atoms with Gasteiger partial charge in [0.2, 0.25) is 5.88 Å². The number of hydrogen-bond acceptors (Lipinski definition) is 10. The molecular formula is C33H34ClN5O6S2. The summed E-state index contributed by atoms with van der Waals surface area (Å²) in [6.45, 7) is 4.18. The number of benzene rings is 2. The predicted molar refractivity (Wildman–Crippen MR) is 180 cm³/mol. The molecule has 7 rings (SSSR count). The zero-order chi connectivity index (χ0) is 32.9. The topological polar surface area (TPSA) is 113 Å². The van der Waals surface area contributed by atoms with Crippen LogP contribution < -0.4 is 9.04 Å². The molecule has 0 N–H and O–H groups in total. The molecule has 0 radical (unpaired) electrons. The van der Waals surface area contributed by atoms with Gasteiger partial charge in [-0.1, -0.05) is 29.8 Å². The Hall–Kier alpha value is -3.75. The van der Waals surface area contributed by atoms with E-state index in [1.165, 1.54) is 48.2 Å². The molecule has 1 unspecified atom stereocenters. The number of sulfonamides is 1. The SMILES string of the molecule is COc1ncccc1C1(OC(=O)N2CCN(C3CCN(C)CC3)CC2)C(=O)N(S(=O)(=O)c2csc3ccccc23)c2ccc(Cl)cc21. The highest BCUT2D eigenvalue weighted by Crippen LogP contribution is 2.52. The van der Waals surface area contributed by atoms with Crippen molar-refractivity contribution in [3.05, 3.63) is 82.3 Å². The van der Waals surface area contributed by atoms with Crippen LogP contribution in [0.25, 0.3) is 10.1 Å². The normalized spacial score (nSPS) is 21.3. The van der Waals surface area contributed by atoms with Gasteiger partial charge in [-0.2, -0.15) is 4.31 Å². The van der Waals surface area contributed by atoms with Gasteiger partial charge in [0.1, 0.15) is 4.90 Å². The average Bonchev–Trinajstić information content (AvgIpc) is 3.63. The van der Waals surface area contributed by atoms with Crippen molar-refractivity contribution in [1.82, 2.24) is 19.7 Å². The quantitative estimate of drug-likeness (QED) is 0.281. The van der Waals surface area contributed by atoms with Crippen molar-refractivity contribution in [2.45, 2.75) is 29.4 Å². The number of rotatable bonds is 6. The van der Waals surface area contributed by atoms with E-state index in [0.717, 1.165) is 34.9 Å². The highest BCUT2D eigenvalue weighted by atomic mass is 35.5. The summed E-state index contributed by atoms with van der Waals surface area (Å²) in [5, 5.41) is 2.23. The molecule has 1 atom stereocenters. The standard InChI is InChI=1S/C33H34ClN5O6S2/c1-36-14-11-23(12-15-36)37-16-18-38(19-17-37)32(41)45-33(25-7-5-13-35-30(25)44-2)26-20-22(34)9-10-27(26)39(31(33)40)47(42,43)29-21-46-28-8-4-3-6-24(28)29/h3-10,13,20-21,23H,11-12,14-19H2,1-2H3. The monoisotopic (exact) mass is 695 g/mol. The number of pyridine rings is 1. The summed E-state index contributed by atoms with van der Waals surface area (Å²) >= 11 is 7.76. The number of carbonyl (C=O) groups is 2. The Balaban J connectivity index is 1.30. The van der Waals surface area contributed by atoms with Crippen molar-refractivity contribution in [1.29, 1.82) is 0 Å². The first-order valence-electron chi connectivity index (χ1n) is 15.4. The van der Waals surface area contributed by atoms with E-state index < -0.39 is 27.6 Å². The average molecular weight is 696 g/mol. The lowest BCUT2D eigenvalue weighted by atomic mass is 9.87. The molecular weight excluding hydrogens is 662 g/mol. The van der Waals surface area contributed by atoms with Crippen LogP contribution in [0.15, 0.2) is 71.1 Å². The summed E-state index contributed by atoms with van der Waals surface area (Å²) in [4.78, 5) is 39.6. The minimum atomic E-state index is -4.51. The number of anilines is 1. The fourth-order valence-electron chi connectivity index (χ4n) is 6.89. The van der Waals surface area contributed by atoms with Gasteiger partial charge >= 0.3 is 6.09 Å². The second-order valence-corrected chi connectivity index (χ2v) is 15.1. The minimum Gasteiger partial charge on any atom is -0.481 e. The van der Waals surface area contributed by atoms with Gasteiger partial charge in [0.15, 0.2) is 0 Å². The van der Waals surface area contributed by atoms with Gasteiger partial charge in [-0.3, -0.25) is 9.69 Å². The first kappa shape index (κ1) is 31.8. The minimum absolute atomic E-state index is 0.00638. The highest BCUT2D eigenvalue weighted by Gasteiger charge is 2.61. The lowest BCUT2D eigenvalue weighted by molar-refractivity contribution is -0.132. The van der Waals surface area contributed by atoms with E-state index in [-0.39, 0.29) is 32.6 Å². The predicted octanol–water partition coefficient (Wildman–Crippen LogP) is 4.79. The molecule has 2 aromatic carbocycles. The van der Waals surface area contributed by atoms with Crippen molar-refractivity contribution in [2.75, 3.05) is 57.7 Å². The maximum absolute atomic E-state index is 15.0. The molecule has 4 aromatic rings. The van der Waals surface area contributed by atoms with E-state index in [4.69, 9.17) is 21.1 Å². The molecule has 0 spiro atoms. The first-order valence-corrected chi connectivity index (χ1v) is 18.1. The largest absolute Gasteiger partial charge is 0.481 e. The van der Waals surface area contributed by atoms with Gasteiger partial charge in [-0.25, -0.2) is 18.2 Å². The Bertz CT molecular complexity index is 1960. The highest BCUT2D eigenvalue weighted by molar-refractivity contribution is 7.94. The van der Waals surface area contributed by atoms with E-state index in [1.54, 1.807) is 29.2 Å². The fourth-order valence-corrected chi connectivity index (χ4v) is 9.99. The number of piperidine rings is 1. The van der Waals surface area contributed by atoms with Crippen LogP contribution in [-0.2, 0) is 25.2 Å². The number of amides is 2. The van der Waals surface area contributed by atoms with Crippen LogP contribution in [-0.4, -0.2) is 99.6 Å². The maximum Gasteiger partial charge on any atom is 0.411 e. The Morgan fingerprint density at radius 2 is 1.74 bits per heavy atom. The van der Waals surface area contributed by atoms with Crippen LogP contribution in [0.1, 0.15) is 24.0 Å². The van der Waals surface area contributed by atoms with Crippen molar-refractivity contribution in [3.63, 3.8) is 0 Å². The molecule has 3 aliphatic heterocycles. The number of hydrogen-bond donors (Lipinski definition) is 0. The maximum atomic E-state index is 15.0. The number of nitrogens with zero attached hydrogens (tertiary/aromatic N) is 5. The molecule has 11 nitrogen and oxygen atoms in total. The number of aromatic nitrogens is 1. The summed E-state index contributed by atoms with van der Waals surface area (Å²) in [5.41, 5.74) is -2.05. The van der Waals surface area contributed by atoms with Gasteiger partial charge in [-0.15, -0.1) is 11.3 Å². The van der Waals surface area contributed by atoms with E-state index in [1.807, 2.05) is 12.1 Å². The number of carbonyl (C=O) groups excluding carboxylic acids is 2. The van der Waals surface area contributed by atoms with Crippen LogP contribution in [0.4, 0.5) is 10.5 Å². The molecule has 0 aliphatic carbocycles. The first-order chi connectivity index (χ1) is 22.6. The van der Waals surface area contributed by atoms with Gasteiger partial charge in [0, 0.05) is 64.5 Å². The molecule has 5 heterocycles. The Morgan fingerprint density at radius 3 is 2.49 bits per heavy atom. The number of fused-ring (bicyclic) bond motifs is 2. The summed E-state index contributed by atoms with van der Waals surface area (Å²) in [5.74, 6) is -0.985. The van der Waals surface area contributed by atoms with Crippen LogP contribution in [0.5, 0.6) is 5.88 Å². The molecule has 0 bridgehead atoms. The Morgan fingerprint density at radius 1 is 1.00 bits per heavy atom.